The summed E-state index contributed by atoms with van der Waals surface area (Å²) in [4.78, 5) is 40.8. The second-order valence-corrected chi connectivity index (χ2v) is 10.2. The van der Waals surface area contributed by atoms with Gasteiger partial charge >= 0.3 is 11.9 Å². The lowest BCUT2D eigenvalue weighted by molar-refractivity contribution is -0.172. The van der Waals surface area contributed by atoms with Gasteiger partial charge in [-0.2, -0.15) is 0 Å². The number of rotatable bonds is 5. The Morgan fingerprint density at radius 2 is 1.76 bits per heavy atom. The van der Waals surface area contributed by atoms with Gasteiger partial charge in [0.25, 0.3) is 0 Å². The van der Waals surface area contributed by atoms with Crippen molar-refractivity contribution in [3.05, 3.63) is 22.5 Å². The van der Waals surface area contributed by atoms with E-state index in [1.165, 1.54) is 7.11 Å². The van der Waals surface area contributed by atoms with Crippen LogP contribution in [0, 0.1) is 31.1 Å². The maximum absolute atomic E-state index is 13.2. The Balaban J connectivity index is 1.51. The number of alkyl halides is 1. The first-order chi connectivity index (χ1) is 13.6. The molecule has 1 N–H and O–H groups in total. The zero-order chi connectivity index (χ0) is 21.1. The summed E-state index contributed by atoms with van der Waals surface area (Å²) >= 11 is 6.82. The minimum atomic E-state index is -0.941. The van der Waals surface area contributed by atoms with Gasteiger partial charge in [0.05, 0.1) is 23.8 Å². The molecule has 5 rings (SSSR count). The summed E-state index contributed by atoms with van der Waals surface area (Å²) < 4.78 is 10.5. The van der Waals surface area contributed by atoms with Gasteiger partial charge in [0, 0.05) is 10.6 Å². The van der Waals surface area contributed by atoms with Crippen LogP contribution in [0.2, 0.25) is 0 Å². The van der Waals surface area contributed by atoms with E-state index < -0.39 is 17.5 Å². The number of hydrogen-bond acceptors (Lipinski definition) is 5. The Morgan fingerprint density at radius 3 is 2.31 bits per heavy atom. The predicted molar refractivity (Wildman–Crippen MR) is 107 cm³/mol. The van der Waals surface area contributed by atoms with Gasteiger partial charge in [0.15, 0.2) is 6.10 Å². The number of nitrogens with one attached hydrogen (secondary N) is 1. The largest absolute Gasteiger partial charge is 0.465 e. The van der Waals surface area contributed by atoms with Gasteiger partial charge in [-0.1, -0.05) is 0 Å². The van der Waals surface area contributed by atoms with E-state index in [0.29, 0.717) is 35.1 Å². The average Bonchev–Trinajstić information content (AvgIpc) is 2.92. The third-order valence-electron chi connectivity index (χ3n) is 7.15. The Hall–Kier alpha value is -1.82. The highest BCUT2D eigenvalue weighted by Crippen LogP contribution is 2.64. The van der Waals surface area contributed by atoms with Gasteiger partial charge in [0.2, 0.25) is 5.78 Å². The first-order valence-corrected chi connectivity index (χ1v) is 10.7. The van der Waals surface area contributed by atoms with E-state index in [0.717, 1.165) is 32.1 Å². The quantitative estimate of drug-likeness (QED) is 0.439. The molecule has 0 spiro atoms. The number of hydrogen-bond donors (Lipinski definition) is 1. The number of aromatic amines is 1. The highest BCUT2D eigenvalue weighted by atomic mass is 35.5. The van der Waals surface area contributed by atoms with Crippen molar-refractivity contribution in [1.82, 2.24) is 4.98 Å². The lowest BCUT2D eigenvalue weighted by Gasteiger charge is -2.58. The van der Waals surface area contributed by atoms with Crippen molar-refractivity contribution in [1.29, 1.82) is 0 Å². The third-order valence-corrected chi connectivity index (χ3v) is 7.59. The number of methoxy groups -OCH3 is 1. The van der Waals surface area contributed by atoms with E-state index in [1.54, 1.807) is 20.8 Å². The van der Waals surface area contributed by atoms with Gasteiger partial charge in [-0.25, -0.2) is 4.79 Å². The van der Waals surface area contributed by atoms with Gasteiger partial charge in [-0.05, 0) is 76.7 Å². The molecule has 0 aromatic carbocycles. The Kier molecular flexibility index (Phi) is 4.84. The van der Waals surface area contributed by atoms with Crippen molar-refractivity contribution in [3.8, 4) is 0 Å². The monoisotopic (exact) mass is 421 g/mol. The highest BCUT2D eigenvalue weighted by Gasteiger charge is 2.61. The van der Waals surface area contributed by atoms with Crippen LogP contribution in [0.4, 0.5) is 0 Å². The van der Waals surface area contributed by atoms with Crippen LogP contribution in [-0.4, -0.2) is 40.8 Å². The SMILES string of the molecule is COC(=O)c1c(C)[nH]c(C(=O)[C@@H](C)OC(=O)C23C[C@@H]4C[C@@H](CC(Cl)(C4)C2)C3)c1C. The molecule has 1 aromatic rings. The van der Waals surface area contributed by atoms with Crippen molar-refractivity contribution < 1.29 is 23.9 Å². The Bertz CT molecular complexity index is 874. The van der Waals surface area contributed by atoms with Gasteiger partial charge < -0.3 is 14.5 Å². The Labute approximate surface area is 175 Å². The van der Waals surface area contributed by atoms with Crippen molar-refractivity contribution >= 4 is 29.3 Å². The second kappa shape index (κ2) is 6.86. The molecule has 0 aliphatic heterocycles. The molecule has 2 unspecified atom stereocenters. The molecule has 4 fully saturated rings. The molecule has 1 heterocycles. The van der Waals surface area contributed by atoms with Crippen LogP contribution >= 0.6 is 11.6 Å². The van der Waals surface area contributed by atoms with Crippen molar-refractivity contribution in [2.24, 2.45) is 17.3 Å². The molecule has 29 heavy (non-hydrogen) atoms. The summed E-state index contributed by atoms with van der Waals surface area (Å²) in [5, 5.41) is 0. The van der Waals surface area contributed by atoms with E-state index in [-0.39, 0.29) is 22.3 Å². The lowest BCUT2D eigenvalue weighted by Crippen LogP contribution is -2.56. The zero-order valence-corrected chi connectivity index (χ0v) is 18.1. The Morgan fingerprint density at radius 1 is 1.14 bits per heavy atom. The smallest absolute Gasteiger partial charge is 0.339 e. The number of aryl methyl sites for hydroxylation is 1. The zero-order valence-electron chi connectivity index (χ0n) is 17.4. The summed E-state index contributed by atoms with van der Waals surface area (Å²) in [5.74, 6) is -0.196. The molecule has 4 saturated carbocycles. The molecule has 158 valence electrons. The number of esters is 2. The first-order valence-electron chi connectivity index (χ1n) is 10.3. The molecule has 4 bridgehead atoms. The first kappa shape index (κ1) is 20.5. The molecule has 0 amide bonds. The van der Waals surface area contributed by atoms with Crippen LogP contribution in [-0.2, 0) is 14.3 Å². The number of aromatic nitrogens is 1. The van der Waals surface area contributed by atoms with Crippen LogP contribution in [0.25, 0.3) is 0 Å². The van der Waals surface area contributed by atoms with E-state index in [9.17, 15) is 14.4 Å². The lowest BCUT2D eigenvalue weighted by atomic mass is 9.49. The van der Waals surface area contributed by atoms with Crippen molar-refractivity contribution in [2.45, 2.75) is 70.3 Å². The molecular weight excluding hydrogens is 394 g/mol. The molecule has 4 aliphatic rings. The van der Waals surface area contributed by atoms with Gasteiger partial charge in [0.1, 0.15) is 0 Å². The van der Waals surface area contributed by atoms with Gasteiger partial charge in [-0.15, -0.1) is 11.6 Å². The standard InChI is InChI=1S/C22H28ClNO5/c1-11-16(19(26)28-4)12(2)24-17(11)18(25)13(3)29-20(27)21-6-14-5-15(7-21)9-22(23,8-14)10-21/h13-15,24H,5-10H2,1-4H3/t13-,14-,15+,21?,22?/m1/s1. The maximum Gasteiger partial charge on any atom is 0.339 e. The molecule has 0 radical (unpaired) electrons. The molecule has 0 saturated heterocycles. The summed E-state index contributed by atoms with van der Waals surface area (Å²) in [6, 6.07) is 0. The van der Waals surface area contributed by atoms with Crippen LogP contribution in [0.15, 0.2) is 0 Å². The number of ketones is 1. The van der Waals surface area contributed by atoms with Crippen molar-refractivity contribution in [3.63, 3.8) is 0 Å². The van der Waals surface area contributed by atoms with E-state index in [2.05, 4.69) is 4.98 Å². The number of halogens is 1. The third kappa shape index (κ3) is 3.29. The van der Waals surface area contributed by atoms with Crippen LogP contribution in [0.5, 0.6) is 0 Å². The summed E-state index contributed by atoms with van der Waals surface area (Å²) in [6.45, 7) is 4.99. The molecular formula is C22H28ClNO5. The molecule has 7 heteroatoms. The molecule has 5 atom stereocenters. The summed E-state index contributed by atoms with van der Waals surface area (Å²) in [5.41, 5.74) is 1.14. The molecule has 4 aliphatic carbocycles. The van der Waals surface area contributed by atoms with Crippen LogP contribution in [0.3, 0.4) is 0 Å². The number of Topliss-reactive ketones (excluding diaryl/α,β-unsaturated/α-hetero) is 1. The normalized spacial score (nSPS) is 33.4. The minimum Gasteiger partial charge on any atom is -0.465 e. The van der Waals surface area contributed by atoms with Crippen molar-refractivity contribution in [2.75, 3.05) is 7.11 Å². The number of ether oxygens (including phenoxy) is 2. The number of H-pyrrole nitrogens is 1. The molecule has 1 aromatic heterocycles. The van der Waals surface area contributed by atoms with E-state index >= 15 is 0 Å². The maximum atomic E-state index is 13.2. The van der Waals surface area contributed by atoms with Crippen LogP contribution in [0.1, 0.15) is 77.6 Å². The number of carbonyl (C=O) groups is 3. The highest BCUT2D eigenvalue weighted by molar-refractivity contribution is 6.24. The topological polar surface area (TPSA) is 85.5 Å². The fraction of sp³-hybridized carbons (Fsp3) is 0.682. The molecule has 6 nitrogen and oxygen atoms in total. The summed E-state index contributed by atoms with van der Waals surface area (Å²) in [7, 11) is 1.30. The number of carbonyl (C=O) groups excluding carboxylic acids is 3. The second-order valence-electron chi connectivity index (χ2n) is 9.42. The minimum absolute atomic E-state index is 0.280. The fourth-order valence-corrected chi connectivity index (χ4v) is 7.03. The van der Waals surface area contributed by atoms with E-state index in [4.69, 9.17) is 21.1 Å². The van der Waals surface area contributed by atoms with E-state index in [1.807, 2.05) is 0 Å². The van der Waals surface area contributed by atoms with Crippen LogP contribution < -0.4 is 0 Å². The predicted octanol–water partition coefficient (Wildman–Crippen LogP) is 4.11. The fourth-order valence-electron chi connectivity index (χ4n) is 6.34. The summed E-state index contributed by atoms with van der Waals surface area (Å²) in [6.07, 6.45) is 4.42. The average molecular weight is 422 g/mol. The van der Waals surface area contributed by atoms with Gasteiger partial charge in [-0.3, -0.25) is 9.59 Å².